The van der Waals surface area contributed by atoms with Crippen molar-refractivity contribution >= 4 is 5.69 Å². The Bertz CT molecular complexity index is 820. The topological polar surface area (TPSA) is 38.5 Å². The van der Waals surface area contributed by atoms with Gasteiger partial charge in [-0.05, 0) is 81.4 Å². The van der Waals surface area contributed by atoms with Crippen molar-refractivity contribution in [3.8, 4) is 0 Å². The summed E-state index contributed by atoms with van der Waals surface area (Å²) in [5.74, 6) is 2.92. The molecule has 1 aromatic rings. The molecule has 1 aromatic carbocycles. The van der Waals surface area contributed by atoms with Crippen LogP contribution in [0.2, 0.25) is 0 Å². The molecule has 176 valence electrons. The molecule has 2 heterocycles. The van der Waals surface area contributed by atoms with Gasteiger partial charge in [0, 0.05) is 30.4 Å². The molecule has 3 nitrogen and oxygen atoms in total. The summed E-state index contributed by atoms with van der Waals surface area (Å²) in [6, 6.07) is 9.00. The van der Waals surface area contributed by atoms with Gasteiger partial charge < -0.3 is 15.4 Å². The predicted molar refractivity (Wildman–Crippen MR) is 136 cm³/mol. The summed E-state index contributed by atoms with van der Waals surface area (Å²) in [6.45, 7) is 12.7. The van der Waals surface area contributed by atoms with Crippen LogP contribution in [0, 0.1) is 30.6 Å². The first-order chi connectivity index (χ1) is 15.4. The van der Waals surface area contributed by atoms with E-state index in [1.54, 1.807) is 5.57 Å². The van der Waals surface area contributed by atoms with Crippen LogP contribution in [0.1, 0.15) is 71.3 Å². The summed E-state index contributed by atoms with van der Waals surface area (Å²) in [5.41, 5.74) is 11.4. The zero-order valence-electron chi connectivity index (χ0n) is 20.8. The molecular weight excluding hydrogens is 392 g/mol. The van der Waals surface area contributed by atoms with Gasteiger partial charge in [0.25, 0.3) is 0 Å². The summed E-state index contributed by atoms with van der Waals surface area (Å²) >= 11 is 0. The van der Waals surface area contributed by atoms with Crippen LogP contribution in [0.25, 0.3) is 0 Å². The van der Waals surface area contributed by atoms with Crippen LogP contribution in [-0.4, -0.2) is 25.3 Å². The van der Waals surface area contributed by atoms with E-state index in [0.717, 1.165) is 42.9 Å². The molecule has 0 saturated carbocycles. The molecule has 2 N–H and O–H groups in total. The highest BCUT2D eigenvalue weighted by Crippen LogP contribution is 2.44. The number of benzene rings is 1. The second kappa shape index (κ2) is 10.0. The van der Waals surface area contributed by atoms with E-state index in [1.807, 2.05) is 0 Å². The summed E-state index contributed by atoms with van der Waals surface area (Å²) < 4.78 is 6.59. The molecule has 0 spiro atoms. The second-order valence-electron chi connectivity index (χ2n) is 11.0. The number of hydrogen-bond acceptors (Lipinski definition) is 3. The van der Waals surface area contributed by atoms with Gasteiger partial charge in [-0.15, -0.1) is 0 Å². The Morgan fingerprint density at radius 3 is 2.50 bits per heavy atom. The van der Waals surface area contributed by atoms with Gasteiger partial charge in [-0.3, -0.25) is 0 Å². The van der Waals surface area contributed by atoms with Crippen LogP contribution in [0.4, 0.5) is 5.69 Å². The Labute approximate surface area is 196 Å². The number of hydrogen-bond donors (Lipinski definition) is 1. The Morgan fingerprint density at radius 1 is 1.09 bits per heavy atom. The molecule has 2 saturated heterocycles. The van der Waals surface area contributed by atoms with Gasteiger partial charge in [0.2, 0.25) is 0 Å². The second-order valence-corrected chi connectivity index (χ2v) is 11.0. The average Bonchev–Trinajstić information content (AvgIpc) is 3.17. The summed E-state index contributed by atoms with van der Waals surface area (Å²) in [4.78, 5) is 2.54. The molecule has 0 aromatic heterocycles. The first kappa shape index (κ1) is 23.4. The van der Waals surface area contributed by atoms with Crippen LogP contribution in [0.5, 0.6) is 0 Å². The zero-order chi connectivity index (χ0) is 22.7. The van der Waals surface area contributed by atoms with E-state index in [2.05, 4.69) is 69.0 Å². The van der Waals surface area contributed by atoms with Crippen molar-refractivity contribution in [3.63, 3.8) is 0 Å². The molecule has 0 bridgehead atoms. The fourth-order valence-electron chi connectivity index (χ4n) is 6.05. The van der Waals surface area contributed by atoms with Gasteiger partial charge in [0.1, 0.15) is 0 Å². The van der Waals surface area contributed by atoms with E-state index in [9.17, 15) is 0 Å². The molecule has 2 aliphatic heterocycles. The van der Waals surface area contributed by atoms with Crippen LogP contribution < -0.4 is 10.6 Å². The van der Waals surface area contributed by atoms with Crippen molar-refractivity contribution < 1.29 is 4.74 Å². The van der Waals surface area contributed by atoms with Gasteiger partial charge in [-0.2, -0.15) is 0 Å². The van der Waals surface area contributed by atoms with Gasteiger partial charge in [-0.25, -0.2) is 0 Å². The lowest BCUT2D eigenvalue weighted by molar-refractivity contribution is -0.0172. The van der Waals surface area contributed by atoms with Crippen molar-refractivity contribution in [1.82, 2.24) is 0 Å². The molecule has 32 heavy (non-hydrogen) atoms. The molecule has 2 fully saturated rings. The van der Waals surface area contributed by atoms with Gasteiger partial charge in [0.15, 0.2) is 0 Å². The number of anilines is 1. The highest BCUT2D eigenvalue weighted by Gasteiger charge is 2.41. The van der Waals surface area contributed by atoms with E-state index in [1.165, 1.54) is 56.4 Å². The quantitative estimate of drug-likeness (QED) is 0.472. The van der Waals surface area contributed by atoms with Gasteiger partial charge in [0.05, 0.1) is 12.2 Å². The number of ether oxygens (including phenoxy) is 1. The molecular formula is C29H44N2O. The Morgan fingerprint density at radius 2 is 1.84 bits per heavy atom. The van der Waals surface area contributed by atoms with Crippen molar-refractivity contribution in [3.05, 3.63) is 53.3 Å². The highest BCUT2D eigenvalue weighted by atomic mass is 16.5. The number of nitrogens with two attached hydrogens (primary N) is 1. The van der Waals surface area contributed by atoms with E-state index in [-0.39, 0.29) is 5.60 Å². The van der Waals surface area contributed by atoms with Crippen LogP contribution in [-0.2, 0) is 4.74 Å². The van der Waals surface area contributed by atoms with Gasteiger partial charge in [-0.1, -0.05) is 56.5 Å². The molecule has 3 heteroatoms. The van der Waals surface area contributed by atoms with E-state index < -0.39 is 0 Å². The molecule has 4 rings (SSSR count). The Balaban J connectivity index is 1.28. The van der Waals surface area contributed by atoms with E-state index in [0.29, 0.717) is 5.92 Å². The largest absolute Gasteiger partial charge is 0.402 e. The van der Waals surface area contributed by atoms with Crippen molar-refractivity contribution in [2.75, 3.05) is 24.6 Å². The average molecular weight is 437 g/mol. The predicted octanol–water partition coefficient (Wildman–Crippen LogP) is 6.62. The number of rotatable bonds is 9. The van der Waals surface area contributed by atoms with Crippen molar-refractivity contribution in [1.29, 1.82) is 0 Å². The molecule has 4 atom stereocenters. The lowest BCUT2D eigenvalue weighted by Gasteiger charge is -2.46. The highest BCUT2D eigenvalue weighted by molar-refractivity contribution is 5.49. The third-order valence-corrected chi connectivity index (χ3v) is 8.66. The maximum Gasteiger partial charge on any atom is 0.0689 e. The lowest BCUT2D eigenvalue weighted by Crippen LogP contribution is -2.50. The minimum atomic E-state index is 0.0918. The van der Waals surface area contributed by atoms with Gasteiger partial charge >= 0.3 is 0 Å². The van der Waals surface area contributed by atoms with E-state index in [4.69, 9.17) is 10.5 Å². The monoisotopic (exact) mass is 436 g/mol. The third-order valence-electron chi connectivity index (χ3n) is 8.66. The van der Waals surface area contributed by atoms with Crippen LogP contribution in [0.3, 0.4) is 0 Å². The minimum absolute atomic E-state index is 0.0918. The van der Waals surface area contributed by atoms with Crippen LogP contribution >= 0.6 is 0 Å². The molecule has 1 aliphatic carbocycles. The van der Waals surface area contributed by atoms with E-state index >= 15 is 0 Å². The Hall–Kier alpha value is -1.74. The smallest absolute Gasteiger partial charge is 0.0689 e. The summed E-state index contributed by atoms with van der Waals surface area (Å²) in [5, 5.41) is 0. The SMILES string of the molecule is CCCC1(CCC(C)C(C)C2CN(c3ccc(C)cc3)C2)CC(C2=CC=C(N)CC2)CO1. The first-order valence-corrected chi connectivity index (χ1v) is 13.0. The fraction of sp³-hybridized carbons (Fsp3) is 0.655. The lowest BCUT2D eigenvalue weighted by atomic mass is 9.74. The summed E-state index contributed by atoms with van der Waals surface area (Å²) in [6.07, 6.45) is 12.6. The summed E-state index contributed by atoms with van der Waals surface area (Å²) in [7, 11) is 0. The standard InChI is InChI=1S/C29H44N2O/c1-5-15-29(17-25(20-32-29)24-8-10-27(30)11-9-24)16-14-22(3)23(4)26-18-31(19-26)28-12-6-21(2)7-13-28/h6-8,10,12-13,22-23,25-26H,5,9,11,14-20,30H2,1-4H3. The number of nitrogens with zero attached hydrogens (tertiary/aromatic N) is 1. The zero-order valence-corrected chi connectivity index (χ0v) is 20.8. The fourth-order valence-corrected chi connectivity index (χ4v) is 6.05. The Kier molecular flexibility index (Phi) is 7.34. The minimum Gasteiger partial charge on any atom is -0.402 e. The molecule has 4 unspecified atom stereocenters. The molecule has 3 aliphatic rings. The van der Waals surface area contributed by atoms with Crippen molar-refractivity contribution in [2.45, 2.75) is 78.2 Å². The number of aryl methyl sites for hydroxylation is 1. The van der Waals surface area contributed by atoms with Crippen molar-refractivity contribution in [2.24, 2.45) is 29.4 Å². The first-order valence-electron chi connectivity index (χ1n) is 13.0. The van der Waals surface area contributed by atoms with Crippen LogP contribution in [0.15, 0.2) is 47.7 Å². The maximum absolute atomic E-state index is 6.59. The maximum atomic E-state index is 6.59. The number of allylic oxidation sites excluding steroid dienone is 3. The third kappa shape index (κ3) is 5.25. The molecule has 0 radical (unpaired) electrons. The molecule has 0 amide bonds. The normalized spacial score (nSPS) is 28.1.